The van der Waals surface area contributed by atoms with Crippen molar-refractivity contribution in [2.45, 2.75) is 19.3 Å². The first-order chi connectivity index (χ1) is 29.7. The smallest absolute Gasteiger partial charge is 0.143 e. The standard InChI is InChI=1S/C55H43B4NO/c1-55(2)44-17-9-8-15-41(44)42-30-28-38(31-45(42)55)60(53-51(58)49(56)47(50(57)52(53)59)36-21-19-33(20-22-36)32-11-4-3-5-12-32)37-26-23-35(24-27-37)39-16-10-18-46-48(39)43-29-25-34-13-6-7-14-40(34)54(43)61-46/h3-31H,56-59H2,1-2H3. The van der Waals surface area contributed by atoms with Crippen LogP contribution in [0.25, 0.3) is 77.2 Å². The van der Waals surface area contributed by atoms with Crippen molar-refractivity contribution in [2.24, 2.45) is 0 Å². The number of hydrogen-bond acceptors (Lipinski definition) is 2. The van der Waals surface area contributed by atoms with Crippen molar-refractivity contribution in [1.29, 1.82) is 0 Å². The van der Waals surface area contributed by atoms with Gasteiger partial charge in [-0.1, -0.05) is 175 Å². The van der Waals surface area contributed by atoms with Gasteiger partial charge in [-0.15, -0.1) is 0 Å². The van der Waals surface area contributed by atoms with Crippen molar-refractivity contribution in [1.82, 2.24) is 0 Å². The maximum atomic E-state index is 6.59. The molecule has 2 nitrogen and oxygen atoms in total. The summed E-state index contributed by atoms with van der Waals surface area (Å²) in [6, 6.07) is 64.3. The Morgan fingerprint density at radius 2 is 1.05 bits per heavy atom. The van der Waals surface area contributed by atoms with Crippen LogP contribution in [-0.4, -0.2) is 31.4 Å². The van der Waals surface area contributed by atoms with Gasteiger partial charge in [0.25, 0.3) is 0 Å². The number of rotatable bonds is 6. The van der Waals surface area contributed by atoms with Crippen LogP contribution in [0.5, 0.6) is 0 Å². The zero-order valence-electron chi connectivity index (χ0n) is 35.6. The second kappa shape index (κ2) is 14.1. The van der Waals surface area contributed by atoms with Gasteiger partial charge in [-0.25, -0.2) is 0 Å². The van der Waals surface area contributed by atoms with Gasteiger partial charge in [-0.3, -0.25) is 0 Å². The van der Waals surface area contributed by atoms with Gasteiger partial charge >= 0.3 is 0 Å². The summed E-state index contributed by atoms with van der Waals surface area (Å²) in [4.78, 5) is 2.51. The molecule has 0 N–H and O–H groups in total. The van der Waals surface area contributed by atoms with Crippen molar-refractivity contribution in [3.63, 3.8) is 0 Å². The first kappa shape index (κ1) is 37.1. The number of nitrogens with zero attached hydrogens (tertiary/aromatic N) is 1. The molecule has 10 aromatic rings. The maximum absolute atomic E-state index is 6.59. The Hall–Kier alpha value is -6.90. The fourth-order valence-electron chi connectivity index (χ4n) is 10.3. The predicted octanol–water partition coefficient (Wildman–Crippen LogP) is 8.55. The molecular formula is C55H43B4NO. The lowest BCUT2D eigenvalue weighted by atomic mass is 9.64. The summed E-state index contributed by atoms with van der Waals surface area (Å²) in [6.45, 7) is 4.73. The normalized spacial score (nSPS) is 12.8. The predicted molar refractivity (Wildman–Crippen MR) is 272 cm³/mol. The molecular weight excluding hydrogens is 734 g/mol. The third kappa shape index (κ3) is 5.76. The molecule has 0 radical (unpaired) electrons. The highest BCUT2D eigenvalue weighted by molar-refractivity contribution is 6.63. The van der Waals surface area contributed by atoms with Gasteiger partial charge in [0, 0.05) is 38.6 Å². The Morgan fingerprint density at radius 1 is 0.443 bits per heavy atom. The molecule has 286 valence electrons. The van der Waals surface area contributed by atoms with Gasteiger partial charge in [0.1, 0.15) is 42.6 Å². The summed E-state index contributed by atoms with van der Waals surface area (Å²) in [5.41, 5.74) is 23.1. The molecule has 0 aliphatic heterocycles. The summed E-state index contributed by atoms with van der Waals surface area (Å²) in [7, 11) is 9.22. The number of furan rings is 1. The lowest BCUT2D eigenvalue weighted by Crippen LogP contribution is -2.46. The third-order valence-electron chi connectivity index (χ3n) is 13.7. The Balaban J connectivity index is 1.07. The highest BCUT2D eigenvalue weighted by atomic mass is 16.3. The molecule has 0 amide bonds. The summed E-state index contributed by atoms with van der Waals surface area (Å²) in [5.74, 6) is 0. The fourth-order valence-corrected chi connectivity index (χ4v) is 10.3. The maximum Gasteiger partial charge on any atom is 0.143 e. The van der Waals surface area contributed by atoms with Crippen molar-refractivity contribution in [3.8, 4) is 44.5 Å². The third-order valence-corrected chi connectivity index (χ3v) is 13.7. The average Bonchev–Trinajstić information content (AvgIpc) is 3.80. The summed E-state index contributed by atoms with van der Waals surface area (Å²) >= 11 is 0. The van der Waals surface area contributed by atoms with E-state index in [1.807, 2.05) is 0 Å². The SMILES string of the molecule is Bc1c(B)c(N(c2ccc(-c3cccc4oc5c6ccccc6ccc5c34)cc2)c2ccc3c(c2)C(C)(C)c2ccccc2-3)c(B)c(B)c1-c1ccc(-c2ccccc2)cc1. The minimum absolute atomic E-state index is 0.124. The molecule has 0 saturated heterocycles. The summed E-state index contributed by atoms with van der Waals surface area (Å²) in [6.07, 6.45) is 0. The van der Waals surface area contributed by atoms with E-state index in [1.165, 1.54) is 83.0 Å². The lowest BCUT2D eigenvalue weighted by molar-refractivity contribution is 0.660. The van der Waals surface area contributed by atoms with Crippen molar-refractivity contribution in [3.05, 3.63) is 187 Å². The van der Waals surface area contributed by atoms with Gasteiger partial charge < -0.3 is 9.32 Å². The van der Waals surface area contributed by atoms with Gasteiger partial charge in [0.05, 0.1) is 0 Å². The monoisotopic (exact) mass is 777 g/mol. The first-order valence-corrected chi connectivity index (χ1v) is 21.4. The second-order valence-corrected chi connectivity index (χ2v) is 17.4. The van der Waals surface area contributed by atoms with E-state index >= 15 is 0 Å². The van der Waals surface area contributed by atoms with Gasteiger partial charge in [0.15, 0.2) is 0 Å². The van der Waals surface area contributed by atoms with Crippen LogP contribution in [0.15, 0.2) is 180 Å². The van der Waals surface area contributed by atoms with E-state index in [4.69, 9.17) is 4.42 Å². The molecule has 1 aliphatic carbocycles. The molecule has 0 spiro atoms. The molecule has 9 aromatic carbocycles. The molecule has 1 aromatic heterocycles. The Morgan fingerprint density at radius 3 is 1.82 bits per heavy atom. The number of anilines is 3. The minimum atomic E-state index is -0.124. The minimum Gasteiger partial charge on any atom is -0.455 e. The number of hydrogen-bond donors (Lipinski definition) is 0. The van der Waals surface area contributed by atoms with Crippen LogP contribution in [0.2, 0.25) is 0 Å². The van der Waals surface area contributed by atoms with Gasteiger partial charge in [0.2, 0.25) is 0 Å². The van der Waals surface area contributed by atoms with Crippen LogP contribution < -0.4 is 26.8 Å². The molecule has 0 fully saturated rings. The van der Waals surface area contributed by atoms with Gasteiger partial charge in [-0.05, 0) is 97.4 Å². The van der Waals surface area contributed by atoms with E-state index in [0.717, 1.165) is 44.3 Å². The molecule has 6 heteroatoms. The van der Waals surface area contributed by atoms with Crippen molar-refractivity contribution < 1.29 is 4.42 Å². The quantitative estimate of drug-likeness (QED) is 0.158. The Kier molecular flexibility index (Phi) is 8.58. The van der Waals surface area contributed by atoms with E-state index in [0.29, 0.717) is 0 Å². The fraction of sp³-hybridized carbons (Fsp3) is 0.0545. The second-order valence-electron chi connectivity index (χ2n) is 17.4. The largest absolute Gasteiger partial charge is 0.455 e. The lowest BCUT2D eigenvalue weighted by Gasteiger charge is -2.33. The molecule has 0 atom stereocenters. The molecule has 61 heavy (non-hydrogen) atoms. The van der Waals surface area contributed by atoms with E-state index < -0.39 is 0 Å². The van der Waals surface area contributed by atoms with E-state index in [-0.39, 0.29) is 5.41 Å². The van der Waals surface area contributed by atoms with E-state index in [1.54, 1.807) is 0 Å². The molecule has 0 unspecified atom stereocenters. The van der Waals surface area contributed by atoms with E-state index in [2.05, 4.69) is 226 Å². The zero-order valence-corrected chi connectivity index (χ0v) is 35.6. The molecule has 1 aliphatic rings. The molecule has 1 heterocycles. The average molecular weight is 777 g/mol. The van der Waals surface area contributed by atoms with E-state index in [9.17, 15) is 0 Å². The van der Waals surface area contributed by atoms with Crippen LogP contribution in [0.3, 0.4) is 0 Å². The molecule has 0 saturated carbocycles. The molecule has 11 rings (SSSR count). The number of fused-ring (bicyclic) bond motifs is 8. The van der Waals surface area contributed by atoms with Gasteiger partial charge in [-0.2, -0.15) is 0 Å². The highest BCUT2D eigenvalue weighted by Crippen LogP contribution is 2.50. The Labute approximate surface area is 361 Å². The highest BCUT2D eigenvalue weighted by Gasteiger charge is 2.36. The van der Waals surface area contributed by atoms with Crippen molar-refractivity contribution in [2.75, 3.05) is 4.90 Å². The van der Waals surface area contributed by atoms with Crippen LogP contribution in [0, 0.1) is 0 Å². The summed E-state index contributed by atoms with van der Waals surface area (Å²) in [5, 5.41) is 4.62. The van der Waals surface area contributed by atoms with Crippen molar-refractivity contribution >= 4 is 103 Å². The first-order valence-electron chi connectivity index (χ1n) is 21.4. The molecule has 0 bridgehead atoms. The van der Waals surface area contributed by atoms with Crippen LogP contribution in [0.4, 0.5) is 17.1 Å². The van der Waals surface area contributed by atoms with Crippen LogP contribution >= 0.6 is 0 Å². The summed E-state index contributed by atoms with van der Waals surface area (Å²) < 4.78 is 6.59. The Bertz CT molecular complexity index is 3340. The topological polar surface area (TPSA) is 16.4 Å². The van der Waals surface area contributed by atoms with Crippen LogP contribution in [0.1, 0.15) is 25.0 Å². The van der Waals surface area contributed by atoms with Crippen LogP contribution in [-0.2, 0) is 5.41 Å². The zero-order chi connectivity index (χ0) is 41.6. The number of benzene rings is 9.